The molecular formula is C10H12ClNS. The summed E-state index contributed by atoms with van der Waals surface area (Å²) in [6.45, 7) is 1.12. The van der Waals surface area contributed by atoms with Crippen LogP contribution in [0.15, 0.2) is 24.3 Å². The van der Waals surface area contributed by atoms with Gasteiger partial charge in [-0.1, -0.05) is 24.3 Å². The molecule has 0 aromatic heterocycles. The van der Waals surface area contributed by atoms with Gasteiger partial charge in [-0.25, -0.2) is 0 Å². The molecule has 1 saturated heterocycles. The zero-order valence-corrected chi connectivity index (χ0v) is 8.87. The fraction of sp³-hybridized carbons (Fsp3) is 0.400. The van der Waals surface area contributed by atoms with Crippen molar-refractivity contribution in [2.75, 3.05) is 12.3 Å². The number of hydrogen-bond acceptors (Lipinski definition) is 2. The molecule has 3 heteroatoms. The Kier molecular flexibility index (Phi) is 3.14. The van der Waals surface area contributed by atoms with Crippen LogP contribution in [0.5, 0.6) is 0 Å². The second-order valence-electron chi connectivity index (χ2n) is 3.08. The first-order valence-electron chi connectivity index (χ1n) is 4.40. The molecule has 1 fully saturated rings. The topological polar surface area (TPSA) is 12.0 Å². The van der Waals surface area contributed by atoms with Crippen molar-refractivity contribution in [2.24, 2.45) is 0 Å². The summed E-state index contributed by atoms with van der Waals surface area (Å²) >= 11 is 7.68. The largest absolute Gasteiger partial charge is 0.301 e. The highest BCUT2D eigenvalue weighted by atomic mass is 35.5. The average Bonchev–Trinajstić information content (AvgIpc) is 2.71. The molecule has 0 bridgehead atoms. The summed E-state index contributed by atoms with van der Waals surface area (Å²) in [6.07, 6.45) is 0. The van der Waals surface area contributed by atoms with Gasteiger partial charge in [-0.05, 0) is 11.1 Å². The first-order chi connectivity index (χ1) is 6.40. The maximum Gasteiger partial charge on any atom is 0.0790 e. The standard InChI is InChI=1S/C10H12ClNS/c11-7-8-1-3-9(4-2-8)10-12-5-6-13-10/h1-4,10,12H,5-7H2. The van der Waals surface area contributed by atoms with Gasteiger partial charge in [0.05, 0.1) is 5.37 Å². The Morgan fingerprint density at radius 3 is 2.69 bits per heavy atom. The monoisotopic (exact) mass is 213 g/mol. The Balaban J connectivity index is 2.12. The highest BCUT2D eigenvalue weighted by molar-refractivity contribution is 7.99. The quantitative estimate of drug-likeness (QED) is 0.759. The molecule has 1 N–H and O–H groups in total. The van der Waals surface area contributed by atoms with Gasteiger partial charge >= 0.3 is 0 Å². The summed E-state index contributed by atoms with van der Waals surface area (Å²) in [6, 6.07) is 8.52. The fourth-order valence-corrected chi connectivity index (χ4v) is 2.66. The lowest BCUT2D eigenvalue weighted by Gasteiger charge is -2.09. The summed E-state index contributed by atoms with van der Waals surface area (Å²) in [4.78, 5) is 0. The van der Waals surface area contributed by atoms with Gasteiger partial charge in [0, 0.05) is 18.2 Å². The van der Waals surface area contributed by atoms with Crippen molar-refractivity contribution in [3.63, 3.8) is 0 Å². The third kappa shape index (κ3) is 2.19. The summed E-state index contributed by atoms with van der Waals surface area (Å²) < 4.78 is 0. The van der Waals surface area contributed by atoms with E-state index in [-0.39, 0.29) is 0 Å². The number of rotatable bonds is 2. The first-order valence-corrected chi connectivity index (χ1v) is 5.98. The van der Waals surface area contributed by atoms with Gasteiger partial charge in [-0.2, -0.15) is 0 Å². The molecule has 1 nitrogen and oxygen atoms in total. The zero-order valence-electron chi connectivity index (χ0n) is 7.29. The Hall–Kier alpha value is -0.180. The first kappa shape index (κ1) is 9.38. The number of benzene rings is 1. The minimum atomic E-state index is 0.490. The van der Waals surface area contributed by atoms with Gasteiger partial charge in [-0.15, -0.1) is 23.4 Å². The summed E-state index contributed by atoms with van der Waals surface area (Å²) in [5.41, 5.74) is 2.55. The van der Waals surface area contributed by atoms with Crippen molar-refractivity contribution in [3.8, 4) is 0 Å². The molecule has 1 aliphatic heterocycles. The molecule has 1 atom stereocenters. The second-order valence-corrected chi connectivity index (χ2v) is 4.56. The van der Waals surface area contributed by atoms with Crippen molar-refractivity contribution in [1.82, 2.24) is 5.32 Å². The number of halogens is 1. The lowest BCUT2D eigenvalue weighted by atomic mass is 10.1. The molecule has 1 heterocycles. The molecule has 1 aliphatic rings. The zero-order chi connectivity index (χ0) is 9.10. The van der Waals surface area contributed by atoms with Crippen LogP contribution in [0.1, 0.15) is 16.5 Å². The van der Waals surface area contributed by atoms with Gasteiger partial charge in [-0.3, -0.25) is 0 Å². The van der Waals surface area contributed by atoms with Crippen LogP contribution in [0.4, 0.5) is 0 Å². The van der Waals surface area contributed by atoms with Crippen molar-refractivity contribution >= 4 is 23.4 Å². The molecule has 1 unspecified atom stereocenters. The van der Waals surface area contributed by atoms with E-state index in [9.17, 15) is 0 Å². The summed E-state index contributed by atoms with van der Waals surface area (Å²) in [5, 5.41) is 3.93. The predicted octanol–water partition coefficient (Wildman–Crippen LogP) is 2.76. The number of nitrogens with one attached hydrogen (secondary N) is 1. The van der Waals surface area contributed by atoms with E-state index in [1.54, 1.807) is 0 Å². The van der Waals surface area contributed by atoms with Crippen molar-refractivity contribution in [3.05, 3.63) is 35.4 Å². The SMILES string of the molecule is ClCc1ccc(C2NCCS2)cc1. The summed E-state index contributed by atoms with van der Waals surface area (Å²) in [5.74, 6) is 1.81. The van der Waals surface area contributed by atoms with E-state index in [0.717, 1.165) is 6.54 Å². The molecule has 2 rings (SSSR count). The third-order valence-corrected chi connectivity index (χ3v) is 3.67. The molecule has 13 heavy (non-hydrogen) atoms. The molecule has 0 aliphatic carbocycles. The van der Waals surface area contributed by atoms with E-state index in [4.69, 9.17) is 11.6 Å². The molecule has 0 radical (unpaired) electrons. The van der Waals surface area contributed by atoms with E-state index >= 15 is 0 Å². The van der Waals surface area contributed by atoms with Gasteiger partial charge in [0.25, 0.3) is 0 Å². The average molecular weight is 214 g/mol. The maximum atomic E-state index is 5.72. The van der Waals surface area contributed by atoms with Crippen LogP contribution in [0, 0.1) is 0 Å². The van der Waals surface area contributed by atoms with Gasteiger partial charge in [0.15, 0.2) is 0 Å². The van der Waals surface area contributed by atoms with Crippen molar-refractivity contribution in [2.45, 2.75) is 11.3 Å². The number of hydrogen-bond donors (Lipinski definition) is 1. The van der Waals surface area contributed by atoms with Crippen LogP contribution in [-0.2, 0) is 5.88 Å². The van der Waals surface area contributed by atoms with Gasteiger partial charge < -0.3 is 5.32 Å². The minimum Gasteiger partial charge on any atom is -0.301 e. The maximum absolute atomic E-state index is 5.72. The fourth-order valence-electron chi connectivity index (χ4n) is 1.42. The number of alkyl halides is 1. The van der Waals surface area contributed by atoms with Crippen molar-refractivity contribution < 1.29 is 0 Å². The predicted molar refractivity (Wildman–Crippen MR) is 59.2 cm³/mol. The Morgan fingerprint density at radius 2 is 2.15 bits per heavy atom. The highest BCUT2D eigenvalue weighted by Crippen LogP contribution is 2.29. The molecule has 1 aromatic rings. The second kappa shape index (κ2) is 4.36. The normalized spacial score (nSPS) is 22.1. The van der Waals surface area contributed by atoms with E-state index < -0.39 is 0 Å². The van der Waals surface area contributed by atoms with Crippen LogP contribution in [0.25, 0.3) is 0 Å². The molecular weight excluding hydrogens is 202 g/mol. The Morgan fingerprint density at radius 1 is 1.38 bits per heavy atom. The molecule has 0 spiro atoms. The minimum absolute atomic E-state index is 0.490. The smallest absolute Gasteiger partial charge is 0.0790 e. The van der Waals surface area contributed by atoms with E-state index in [2.05, 4.69) is 29.6 Å². The van der Waals surface area contributed by atoms with Crippen LogP contribution < -0.4 is 5.32 Å². The lowest BCUT2D eigenvalue weighted by Crippen LogP contribution is -2.11. The van der Waals surface area contributed by atoms with Crippen molar-refractivity contribution in [1.29, 1.82) is 0 Å². The summed E-state index contributed by atoms with van der Waals surface area (Å²) in [7, 11) is 0. The van der Waals surface area contributed by atoms with Gasteiger partial charge in [0.2, 0.25) is 0 Å². The molecule has 1 aromatic carbocycles. The van der Waals surface area contributed by atoms with Gasteiger partial charge in [0.1, 0.15) is 0 Å². The van der Waals surface area contributed by atoms with E-state index in [0.29, 0.717) is 11.3 Å². The molecule has 70 valence electrons. The van der Waals surface area contributed by atoms with Crippen LogP contribution in [-0.4, -0.2) is 12.3 Å². The third-order valence-electron chi connectivity index (χ3n) is 2.15. The number of thioether (sulfide) groups is 1. The Labute approximate surface area is 87.9 Å². The van der Waals surface area contributed by atoms with Crippen LogP contribution in [0.3, 0.4) is 0 Å². The lowest BCUT2D eigenvalue weighted by molar-refractivity contribution is 0.751. The highest BCUT2D eigenvalue weighted by Gasteiger charge is 2.15. The Bertz CT molecular complexity index is 267. The molecule has 0 amide bonds. The van der Waals surface area contributed by atoms with E-state index in [1.807, 2.05) is 11.8 Å². The van der Waals surface area contributed by atoms with E-state index in [1.165, 1.54) is 16.9 Å². The van der Waals surface area contributed by atoms with Crippen LogP contribution >= 0.6 is 23.4 Å². The van der Waals surface area contributed by atoms with Crippen LogP contribution in [0.2, 0.25) is 0 Å². The molecule has 0 saturated carbocycles.